The van der Waals surface area contributed by atoms with Crippen molar-refractivity contribution in [2.75, 3.05) is 39.8 Å². The van der Waals surface area contributed by atoms with Crippen LogP contribution in [0.1, 0.15) is 26.7 Å². The summed E-state index contributed by atoms with van der Waals surface area (Å²) in [6.45, 7) is 9.79. The number of likely N-dealkylation sites (tertiary alicyclic amines) is 1. The molecule has 0 aliphatic carbocycles. The fourth-order valence-electron chi connectivity index (χ4n) is 2.54. The van der Waals surface area contributed by atoms with E-state index in [2.05, 4.69) is 41.9 Å². The lowest BCUT2D eigenvalue weighted by molar-refractivity contribution is 0.168. The minimum Gasteiger partial charge on any atom is -0.305 e. The van der Waals surface area contributed by atoms with Crippen LogP contribution in [0.2, 0.25) is 0 Å². The van der Waals surface area contributed by atoms with Crippen molar-refractivity contribution in [1.82, 2.24) is 15.1 Å². The van der Waals surface area contributed by atoms with Gasteiger partial charge in [0.1, 0.15) is 0 Å². The molecule has 1 aliphatic rings. The predicted octanol–water partition coefficient (Wildman–Crippen LogP) is 1.01. The van der Waals surface area contributed by atoms with E-state index in [1.54, 1.807) is 0 Å². The summed E-state index contributed by atoms with van der Waals surface area (Å²) in [5.41, 5.74) is 0. The van der Waals surface area contributed by atoms with E-state index in [9.17, 15) is 0 Å². The minimum absolute atomic E-state index is 0.544. The maximum Gasteiger partial charge on any atom is 0.0574 e. The van der Waals surface area contributed by atoms with Crippen molar-refractivity contribution in [2.24, 2.45) is 0 Å². The number of nitrogens with one attached hydrogen (secondary N) is 1. The zero-order valence-corrected chi connectivity index (χ0v) is 11.6. The zero-order chi connectivity index (χ0) is 12.7. The Hall–Kier alpha value is -0.560. The largest absolute Gasteiger partial charge is 0.305 e. The average molecular weight is 237 g/mol. The Kier molecular flexibility index (Phi) is 6.57. The molecule has 1 heterocycles. The van der Waals surface area contributed by atoms with Gasteiger partial charge in [0.2, 0.25) is 0 Å². The van der Waals surface area contributed by atoms with Crippen LogP contribution >= 0.6 is 0 Å². The summed E-state index contributed by atoms with van der Waals surface area (Å²) in [5, 5.41) is 3.27. The van der Waals surface area contributed by atoms with Gasteiger partial charge in [-0.3, -0.25) is 4.90 Å². The smallest absolute Gasteiger partial charge is 0.0574 e. The molecular weight excluding hydrogens is 210 g/mol. The minimum atomic E-state index is 0.544. The molecule has 1 N–H and O–H groups in total. The monoisotopic (exact) mass is 237 g/mol. The summed E-state index contributed by atoms with van der Waals surface area (Å²) in [5.74, 6) is 2.61. The first kappa shape index (κ1) is 14.5. The van der Waals surface area contributed by atoms with Crippen LogP contribution in [0.4, 0.5) is 0 Å². The Morgan fingerprint density at radius 3 is 3.00 bits per heavy atom. The number of rotatable bonds is 7. The molecule has 0 saturated carbocycles. The second-order valence-corrected chi connectivity index (χ2v) is 5.05. The zero-order valence-electron chi connectivity index (χ0n) is 11.6. The molecule has 1 rings (SSSR count). The molecule has 0 radical (unpaired) electrons. The molecule has 1 aliphatic heterocycles. The molecule has 2 atom stereocenters. The van der Waals surface area contributed by atoms with E-state index >= 15 is 0 Å². The lowest BCUT2D eigenvalue weighted by Crippen LogP contribution is -2.45. The highest BCUT2D eigenvalue weighted by Crippen LogP contribution is 2.17. The molecule has 1 fully saturated rings. The maximum atomic E-state index is 5.23. The third kappa shape index (κ3) is 4.67. The molecule has 3 nitrogen and oxygen atoms in total. The first-order valence-electron chi connectivity index (χ1n) is 6.77. The van der Waals surface area contributed by atoms with E-state index in [0.29, 0.717) is 12.6 Å². The molecular formula is C14H27N3. The first-order chi connectivity index (χ1) is 8.19. The Morgan fingerprint density at radius 1 is 1.59 bits per heavy atom. The van der Waals surface area contributed by atoms with Gasteiger partial charge in [-0.2, -0.15) is 0 Å². The van der Waals surface area contributed by atoms with Gasteiger partial charge in [0.25, 0.3) is 0 Å². The molecule has 0 spiro atoms. The Morgan fingerprint density at radius 2 is 2.35 bits per heavy atom. The Labute approximate surface area is 107 Å². The third-order valence-electron chi connectivity index (χ3n) is 3.82. The predicted molar refractivity (Wildman–Crippen MR) is 74.1 cm³/mol. The SMILES string of the molecule is C#CCNCC(C)N(C)CC1CCCN1CC. The number of hydrogen-bond donors (Lipinski definition) is 1. The molecule has 0 aromatic carbocycles. The van der Waals surface area contributed by atoms with Crippen LogP contribution in [0.3, 0.4) is 0 Å². The standard InChI is InChI=1S/C14H27N3/c1-5-9-15-11-13(3)16(4)12-14-8-7-10-17(14)6-2/h1,13-15H,6-12H2,2-4H3. The van der Waals surface area contributed by atoms with E-state index in [-0.39, 0.29) is 0 Å². The lowest BCUT2D eigenvalue weighted by atomic mass is 10.2. The van der Waals surface area contributed by atoms with Crippen LogP contribution in [-0.2, 0) is 0 Å². The molecule has 0 bridgehead atoms. The van der Waals surface area contributed by atoms with Crippen molar-refractivity contribution in [1.29, 1.82) is 0 Å². The summed E-state index contributed by atoms with van der Waals surface area (Å²) in [4.78, 5) is 5.04. The molecule has 2 unspecified atom stereocenters. The summed E-state index contributed by atoms with van der Waals surface area (Å²) in [6, 6.07) is 1.29. The van der Waals surface area contributed by atoms with Crippen molar-refractivity contribution in [3.05, 3.63) is 0 Å². The number of hydrogen-bond acceptors (Lipinski definition) is 3. The van der Waals surface area contributed by atoms with Crippen molar-refractivity contribution < 1.29 is 0 Å². The van der Waals surface area contributed by atoms with E-state index in [1.165, 1.54) is 32.5 Å². The first-order valence-corrected chi connectivity index (χ1v) is 6.77. The highest BCUT2D eigenvalue weighted by Gasteiger charge is 2.25. The maximum absolute atomic E-state index is 5.23. The van der Waals surface area contributed by atoms with Gasteiger partial charge < -0.3 is 10.2 Å². The van der Waals surface area contributed by atoms with Crippen molar-refractivity contribution in [3.8, 4) is 12.3 Å². The van der Waals surface area contributed by atoms with E-state index < -0.39 is 0 Å². The van der Waals surface area contributed by atoms with Gasteiger partial charge in [-0.15, -0.1) is 6.42 Å². The Bertz CT molecular complexity index is 246. The van der Waals surface area contributed by atoms with Gasteiger partial charge in [0, 0.05) is 25.2 Å². The topological polar surface area (TPSA) is 18.5 Å². The molecule has 0 aromatic rings. The van der Waals surface area contributed by atoms with Crippen molar-refractivity contribution in [3.63, 3.8) is 0 Å². The van der Waals surface area contributed by atoms with Crippen molar-refractivity contribution in [2.45, 2.75) is 38.8 Å². The van der Waals surface area contributed by atoms with Gasteiger partial charge in [0.15, 0.2) is 0 Å². The van der Waals surface area contributed by atoms with Crippen LogP contribution in [0.15, 0.2) is 0 Å². The normalized spacial score (nSPS) is 22.9. The summed E-state index contributed by atoms with van der Waals surface area (Å²) in [7, 11) is 2.22. The highest BCUT2D eigenvalue weighted by atomic mass is 15.2. The highest BCUT2D eigenvalue weighted by molar-refractivity contribution is 4.87. The molecule has 0 amide bonds. The second-order valence-electron chi connectivity index (χ2n) is 5.05. The molecule has 17 heavy (non-hydrogen) atoms. The third-order valence-corrected chi connectivity index (χ3v) is 3.82. The molecule has 3 heteroatoms. The van der Waals surface area contributed by atoms with Gasteiger partial charge in [-0.25, -0.2) is 0 Å². The van der Waals surface area contributed by atoms with Gasteiger partial charge >= 0.3 is 0 Å². The molecule has 1 saturated heterocycles. The van der Waals surface area contributed by atoms with Crippen LogP contribution in [-0.4, -0.2) is 61.7 Å². The van der Waals surface area contributed by atoms with Crippen molar-refractivity contribution >= 4 is 0 Å². The number of nitrogens with zero attached hydrogens (tertiary/aromatic N) is 2. The Balaban J connectivity index is 2.27. The van der Waals surface area contributed by atoms with E-state index in [1.807, 2.05) is 0 Å². The van der Waals surface area contributed by atoms with Gasteiger partial charge in [-0.1, -0.05) is 12.8 Å². The summed E-state index contributed by atoms with van der Waals surface area (Å²) in [6.07, 6.45) is 7.93. The van der Waals surface area contributed by atoms with Crippen LogP contribution in [0.25, 0.3) is 0 Å². The number of terminal acetylenes is 1. The van der Waals surface area contributed by atoms with Crippen LogP contribution < -0.4 is 5.32 Å². The van der Waals surface area contributed by atoms with E-state index in [4.69, 9.17) is 6.42 Å². The number of likely N-dealkylation sites (N-methyl/N-ethyl adjacent to an activating group) is 2. The fourth-order valence-corrected chi connectivity index (χ4v) is 2.54. The molecule has 98 valence electrons. The second kappa shape index (κ2) is 7.71. The summed E-state index contributed by atoms with van der Waals surface area (Å²) < 4.78 is 0. The quantitative estimate of drug-likeness (QED) is 0.527. The lowest BCUT2D eigenvalue weighted by Gasteiger charge is -2.31. The molecule has 0 aromatic heterocycles. The average Bonchev–Trinajstić information content (AvgIpc) is 2.76. The van der Waals surface area contributed by atoms with Crippen LogP contribution in [0, 0.1) is 12.3 Å². The van der Waals surface area contributed by atoms with Gasteiger partial charge in [0.05, 0.1) is 6.54 Å². The summed E-state index contributed by atoms with van der Waals surface area (Å²) >= 11 is 0. The fraction of sp³-hybridized carbons (Fsp3) is 0.857. The van der Waals surface area contributed by atoms with Crippen LogP contribution in [0.5, 0.6) is 0 Å². The van der Waals surface area contributed by atoms with E-state index in [0.717, 1.165) is 12.6 Å². The van der Waals surface area contributed by atoms with Gasteiger partial charge in [-0.05, 0) is 39.9 Å².